The van der Waals surface area contributed by atoms with Gasteiger partial charge in [-0.3, -0.25) is 15.4 Å². The maximum Gasteiger partial charge on any atom is 0.508 e. The Balaban J connectivity index is 1.69. The minimum atomic E-state index is -3.37. The number of rotatable bonds is 11. The highest BCUT2D eigenvalue weighted by Gasteiger charge is 2.45. The number of carbonyl (C=O) groups is 3. The van der Waals surface area contributed by atoms with E-state index in [1.165, 1.54) is 4.90 Å². The molecule has 12 nitrogen and oxygen atoms in total. The Morgan fingerprint density at radius 2 is 1.84 bits per heavy atom. The second-order valence-corrected chi connectivity index (χ2v) is 18.1. The molecule has 2 aromatic rings. The molecule has 238 valence electrons. The fourth-order valence-electron chi connectivity index (χ4n) is 4.73. The van der Waals surface area contributed by atoms with Crippen molar-refractivity contribution >= 4 is 49.0 Å². The van der Waals surface area contributed by atoms with Crippen LogP contribution in [0.15, 0.2) is 29.8 Å². The van der Waals surface area contributed by atoms with Crippen molar-refractivity contribution in [1.29, 1.82) is 0 Å². The zero-order valence-corrected chi connectivity index (χ0v) is 28.0. The molecule has 3 atom stereocenters. The topological polar surface area (TPSA) is 170 Å². The van der Waals surface area contributed by atoms with Crippen LogP contribution in [0.3, 0.4) is 0 Å². The summed E-state index contributed by atoms with van der Waals surface area (Å²) in [6.07, 6.45) is -0.703. The van der Waals surface area contributed by atoms with Gasteiger partial charge in [0.25, 0.3) is 0 Å². The van der Waals surface area contributed by atoms with E-state index in [2.05, 4.69) is 15.7 Å². The molecule has 0 aliphatic carbocycles. The monoisotopic (exact) mass is 655 g/mol. The Hall–Kier alpha value is -2.72. The zero-order chi connectivity index (χ0) is 32.2. The molecule has 0 spiro atoms. The van der Waals surface area contributed by atoms with Crippen LogP contribution in [-0.2, 0) is 34.5 Å². The molecule has 2 amide bonds. The van der Waals surface area contributed by atoms with Gasteiger partial charge in [0.1, 0.15) is 24.8 Å². The highest BCUT2D eigenvalue weighted by molar-refractivity contribution is 8.72. The lowest BCUT2D eigenvalue weighted by molar-refractivity contribution is -0.142. The lowest BCUT2D eigenvalue weighted by Crippen LogP contribution is -2.58. The molecule has 0 saturated carbocycles. The number of hydrogen-bond acceptors (Lipinski definition) is 12. The SMILES string of the molecule is Cc1ncsc1-c1ccc(CNC(=O)[C@@H]2C[C@@H](OC(=O)OCC(C)(C)SS(C)(=O)=O)CN2C(=O)[C@@H](NN)C(C)(C)C)cc1. The predicted molar refractivity (Wildman–Crippen MR) is 168 cm³/mol. The van der Waals surface area contributed by atoms with Gasteiger partial charge in [-0.25, -0.2) is 23.6 Å². The van der Waals surface area contributed by atoms with E-state index < -0.39 is 55.2 Å². The van der Waals surface area contributed by atoms with E-state index in [-0.39, 0.29) is 26.1 Å². The molecule has 0 unspecified atom stereocenters. The van der Waals surface area contributed by atoms with E-state index in [1.807, 2.05) is 52.0 Å². The quantitative estimate of drug-likeness (QED) is 0.141. The van der Waals surface area contributed by atoms with E-state index >= 15 is 0 Å². The van der Waals surface area contributed by atoms with Crippen molar-refractivity contribution in [2.45, 2.75) is 77.4 Å². The first-order valence-electron chi connectivity index (χ1n) is 13.7. The van der Waals surface area contributed by atoms with Crippen molar-refractivity contribution < 1.29 is 32.3 Å². The number of nitrogens with two attached hydrogens (primary N) is 1. The molecule has 0 bridgehead atoms. The largest absolute Gasteiger partial charge is 0.508 e. The van der Waals surface area contributed by atoms with E-state index in [0.717, 1.165) is 28.0 Å². The van der Waals surface area contributed by atoms with Crippen LogP contribution in [0.2, 0.25) is 0 Å². The van der Waals surface area contributed by atoms with E-state index in [4.69, 9.17) is 15.3 Å². The number of nitrogens with one attached hydrogen (secondary N) is 2. The first kappa shape index (κ1) is 34.8. The number of thiazole rings is 1. The van der Waals surface area contributed by atoms with Crippen LogP contribution in [0.4, 0.5) is 4.79 Å². The average molecular weight is 656 g/mol. The Labute approximate surface area is 260 Å². The minimum absolute atomic E-state index is 0.0370. The van der Waals surface area contributed by atoms with Crippen molar-refractivity contribution in [2.75, 3.05) is 19.4 Å². The first-order valence-corrected chi connectivity index (χ1v) is 17.8. The van der Waals surface area contributed by atoms with Gasteiger partial charge in [0, 0.05) is 19.2 Å². The van der Waals surface area contributed by atoms with Gasteiger partial charge in [-0.05, 0) is 48.1 Å². The maximum atomic E-state index is 13.6. The van der Waals surface area contributed by atoms with Crippen LogP contribution in [-0.4, -0.2) is 78.6 Å². The zero-order valence-electron chi connectivity index (χ0n) is 25.5. The molecule has 1 aromatic heterocycles. The van der Waals surface area contributed by atoms with Crippen LogP contribution in [0.25, 0.3) is 10.4 Å². The van der Waals surface area contributed by atoms with Crippen molar-refractivity contribution in [1.82, 2.24) is 20.6 Å². The van der Waals surface area contributed by atoms with Gasteiger partial charge in [-0.15, -0.1) is 11.3 Å². The number of benzene rings is 1. The molecular formula is C28H41N5O7S3. The van der Waals surface area contributed by atoms with Crippen LogP contribution in [0, 0.1) is 12.3 Å². The number of hydrazine groups is 1. The van der Waals surface area contributed by atoms with Crippen LogP contribution in [0.1, 0.15) is 52.3 Å². The molecule has 15 heteroatoms. The Morgan fingerprint density at radius 1 is 1.19 bits per heavy atom. The molecule has 1 fully saturated rings. The van der Waals surface area contributed by atoms with Gasteiger partial charge in [-0.2, -0.15) is 0 Å². The normalized spacial score (nSPS) is 18.3. The van der Waals surface area contributed by atoms with Crippen LogP contribution >= 0.6 is 22.1 Å². The van der Waals surface area contributed by atoms with Gasteiger partial charge >= 0.3 is 6.16 Å². The van der Waals surface area contributed by atoms with Crippen molar-refractivity contribution in [3.8, 4) is 10.4 Å². The van der Waals surface area contributed by atoms with Gasteiger partial charge in [0.15, 0.2) is 8.87 Å². The summed E-state index contributed by atoms with van der Waals surface area (Å²) < 4.78 is 33.0. The van der Waals surface area contributed by atoms with Crippen molar-refractivity contribution in [2.24, 2.45) is 11.3 Å². The molecule has 0 radical (unpaired) electrons. The summed E-state index contributed by atoms with van der Waals surface area (Å²) >= 11 is 1.56. The smallest absolute Gasteiger partial charge is 0.433 e. The second kappa shape index (κ2) is 13.9. The number of aromatic nitrogens is 1. The number of amides is 2. The fourth-order valence-corrected chi connectivity index (χ4v) is 9.07. The number of likely N-dealkylation sites (tertiary alicyclic amines) is 1. The summed E-state index contributed by atoms with van der Waals surface area (Å²) in [7, 11) is -2.69. The minimum Gasteiger partial charge on any atom is -0.433 e. The molecule has 1 aliphatic rings. The number of aryl methyl sites for hydroxylation is 1. The Kier molecular flexibility index (Phi) is 11.3. The number of hydrogen-bond donors (Lipinski definition) is 3. The molecule has 1 aromatic carbocycles. The number of carbonyl (C=O) groups excluding carboxylic acids is 3. The molecule has 3 rings (SSSR count). The number of nitrogens with zero attached hydrogens (tertiary/aromatic N) is 2. The van der Waals surface area contributed by atoms with E-state index in [0.29, 0.717) is 10.8 Å². The standard InChI is InChI=1S/C28H41N5O7S3/c1-17-22(41-16-31-17)19-10-8-18(9-11-19)13-30-24(34)21-12-20(14-33(21)25(35)23(32-29)27(2,3)4)40-26(36)39-15-28(5,6)42-43(7,37)38/h8-11,16,20-21,23,32H,12-15,29H2,1-7H3,(H,30,34)/t20-,21+,23-/m1/s1. The molecule has 1 aliphatic heterocycles. The fraction of sp³-hybridized carbons (Fsp3) is 0.571. The molecule has 43 heavy (non-hydrogen) atoms. The van der Waals surface area contributed by atoms with Gasteiger partial charge in [0.2, 0.25) is 11.8 Å². The van der Waals surface area contributed by atoms with E-state index in [9.17, 15) is 22.8 Å². The highest BCUT2D eigenvalue weighted by Crippen LogP contribution is 2.31. The Bertz CT molecular complexity index is 1400. The average Bonchev–Trinajstić information content (AvgIpc) is 3.51. The van der Waals surface area contributed by atoms with Crippen molar-refractivity contribution in [3.05, 3.63) is 41.0 Å². The summed E-state index contributed by atoms with van der Waals surface area (Å²) in [5.41, 5.74) is 6.66. The first-order chi connectivity index (χ1) is 19.9. The summed E-state index contributed by atoms with van der Waals surface area (Å²) in [6, 6.07) is 6.07. The lowest BCUT2D eigenvalue weighted by Gasteiger charge is -2.34. The summed E-state index contributed by atoms with van der Waals surface area (Å²) in [4.78, 5) is 46.3. The molecule has 4 N–H and O–H groups in total. The number of ether oxygens (including phenoxy) is 2. The molecular weight excluding hydrogens is 615 g/mol. The van der Waals surface area contributed by atoms with Crippen LogP contribution < -0.4 is 16.6 Å². The summed E-state index contributed by atoms with van der Waals surface area (Å²) in [5, 5.41) is 2.90. The molecule has 2 heterocycles. The second-order valence-electron chi connectivity index (χ2n) is 12.2. The van der Waals surface area contributed by atoms with Crippen LogP contribution in [0.5, 0.6) is 0 Å². The Morgan fingerprint density at radius 3 is 2.37 bits per heavy atom. The highest BCUT2D eigenvalue weighted by atomic mass is 33.1. The third-order valence-corrected chi connectivity index (χ3v) is 10.8. The van der Waals surface area contributed by atoms with Crippen molar-refractivity contribution in [3.63, 3.8) is 0 Å². The van der Waals surface area contributed by atoms with E-state index in [1.54, 1.807) is 30.7 Å². The summed E-state index contributed by atoms with van der Waals surface area (Å²) in [6.45, 7) is 10.7. The van der Waals surface area contributed by atoms with Gasteiger partial charge in [-0.1, -0.05) is 45.0 Å². The van der Waals surface area contributed by atoms with Gasteiger partial charge in [0.05, 0.1) is 27.4 Å². The molecule has 1 saturated heterocycles. The maximum absolute atomic E-state index is 13.6. The third kappa shape index (κ3) is 9.89. The van der Waals surface area contributed by atoms with Gasteiger partial charge < -0.3 is 19.7 Å². The summed E-state index contributed by atoms with van der Waals surface area (Å²) in [5.74, 6) is 4.93. The third-order valence-electron chi connectivity index (χ3n) is 6.73. The lowest BCUT2D eigenvalue weighted by atomic mass is 9.86. The predicted octanol–water partition coefficient (Wildman–Crippen LogP) is 3.21.